The van der Waals surface area contributed by atoms with Crippen molar-refractivity contribution in [2.24, 2.45) is 0 Å². The van der Waals surface area contributed by atoms with E-state index in [0.29, 0.717) is 0 Å². The maximum atomic E-state index is 6.09. The van der Waals surface area contributed by atoms with Crippen molar-refractivity contribution < 1.29 is 0 Å². The van der Waals surface area contributed by atoms with Gasteiger partial charge in [-0.3, -0.25) is 0 Å². The molecule has 2 nitrogen and oxygen atoms in total. The molecule has 0 atom stereocenters. The summed E-state index contributed by atoms with van der Waals surface area (Å²) < 4.78 is 1.13. The molecule has 0 saturated carbocycles. The first-order chi connectivity index (χ1) is 10.2. The molecule has 0 radical (unpaired) electrons. The third-order valence-corrected chi connectivity index (χ3v) is 3.97. The zero-order valence-electron chi connectivity index (χ0n) is 11.4. The van der Waals surface area contributed by atoms with E-state index in [1.807, 2.05) is 48.5 Å². The molecule has 0 aliphatic rings. The Bertz CT molecular complexity index is 754. The molecule has 3 N–H and O–H groups in total. The molecule has 0 aliphatic carbocycles. The van der Waals surface area contributed by atoms with Crippen LogP contribution in [0.1, 0.15) is 0 Å². The summed E-state index contributed by atoms with van der Waals surface area (Å²) in [7, 11) is 0. The van der Waals surface area contributed by atoms with Gasteiger partial charge in [-0.2, -0.15) is 0 Å². The van der Waals surface area contributed by atoms with Gasteiger partial charge in [0, 0.05) is 14.8 Å². The average molecular weight is 386 g/mol. The van der Waals surface area contributed by atoms with E-state index in [0.717, 1.165) is 26.2 Å². The zero-order chi connectivity index (χ0) is 14.7. The van der Waals surface area contributed by atoms with Gasteiger partial charge in [-0.05, 0) is 52.4 Å². The Morgan fingerprint density at radius 2 is 1.48 bits per heavy atom. The van der Waals surface area contributed by atoms with Crippen LogP contribution in [0.4, 0.5) is 17.1 Å². The van der Waals surface area contributed by atoms with Gasteiger partial charge in [-0.1, -0.05) is 48.5 Å². The Kier molecular flexibility index (Phi) is 4.10. The van der Waals surface area contributed by atoms with Gasteiger partial charge in [0.05, 0.1) is 11.4 Å². The molecule has 3 heteroatoms. The maximum absolute atomic E-state index is 6.09. The molecule has 104 valence electrons. The van der Waals surface area contributed by atoms with Crippen molar-refractivity contribution in [1.29, 1.82) is 0 Å². The maximum Gasteiger partial charge on any atom is 0.0618 e. The minimum Gasteiger partial charge on any atom is -0.397 e. The third-order valence-electron chi connectivity index (χ3n) is 3.29. The lowest BCUT2D eigenvalue weighted by atomic mass is 10.0. The van der Waals surface area contributed by atoms with Crippen molar-refractivity contribution in [2.45, 2.75) is 0 Å². The molecule has 0 aliphatic heterocycles. The quantitative estimate of drug-likeness (QED) is 0.475. The van der Waals surface area contributed by atoms with Gasteiger partial charge in [-0.15, -0.1) is 0 Å². The van der Waals surface area contributed by atoms with E-state index >= 15 is 0 Å². The smallest absolute Gasteiger partial charge is 0.0618 e. The second-order valence-corrected chi connectivity index (χ2v) is 6.01. The number of rotatable bonds is 3. The first kappa shape index (κ1) is 13.9. The summed E-state index contributed by atoms with van der Waals surface area (Å²) in [6, 6.07) is 24.6. The highest BCUT2D eigenvalue weighted by molar-refractivity contribution is 14.1. The molecule has 0 heterocycles. The van der Waals surface area contributed by atoms with E-state index in [1.165, 1.54) is 5.56 Å². The molecule has 0 bridgehead atoms. The van der Waals surface area contributed by atoms with Crippen LogP contribution in [0.2, 0.25) is 0 Å². The van der Waals surface area contributed by atoms with Crippen molar-refractivity contribution in [1.82, 2.24) is 0 Å². The number of nitrogens with one attached hydrogen (secondary N) is 1. The van der Waals surface area contributed by atoms with Crippen LogP contribution >= 0.6 is 22.6 Å². The first-order valence-electron chi connectivity index (χ1n) is 6.70. The van der Waals surface area contributed by atoms with E-state index < -0.39 is 0 Å². The van der Waals surface area contributed by atoms with E-state index in [1.54, 1.807) is 0 Å². The number of nitrogens with two attached hydrogens (primary N) is 1. The lowest BCUT2D eigenvalue weighted by molar-refractivity contribution is 1.52. The fourth-order valence-corrected chi connectivity index (χ4v) is 2.77. The summed E-state index contributed by atoms with van der Waals surface area (Å²) in [6.45, 7) is 0. The van der Waals surface area contributed by atoms with Crippen LogP contribution in [0, 0.1) is 3.57 Å². The molecule has 0 aromatic heterocycles. The lowest BCUT2D eigenvalue weighted by Crippen LogP contribution is -1.98. The highest BCUT2D eigenvalue weighted by Crippen LogP contribution is 2.32. The molecular formula is C18H15IN2. The van der Waals surface area contributed by atoms with Crippen molar-refractivity contribution in [3.05, 3.63) is 76.4 Å². The van der Waals surface area contributed by atoms with Gasteiger partial charge in [-0.25, -0.2) is 0 Å². The molecule has 0 fully saturated rings. The molecule has 21 heavy (non-hydrogen) atoms. The van der Waals surface area contributed by atoms with Gasteiger partial charge >= 0.3 is 0 Å². The predicted octanol–water partition coefficient (Wildman–Crippen LogP) is 5.28. The Labute approximate surface area is 138 Å². The van der Waals surface area contributed by atoms with Crippen LogP contribution in [0.3, 0.4) is 0 Å². The minimum atomic E-state index is 0.754. The summed E-state index contributed by atoms with van der Waals surface area (Å²) in [5.74, 6) is 0. The number of hydrogen-bond acceptors (Lipinski definition) is 2. The monoisotopic (exact) mass is 386 g/mol. The number of benzene rings is 3. The highest BCUT2D eigenvalue weighted by Gasteiger charge is 2.06. The van der Waals surface area contributed by atoms with Crippen LogP contribution in [0.5, 0.6) is 0 Å². The van der Waals surface area contributed by atoms with Gasteiger partial charge in [0.15, 0.2) is 0 Å². The molecule has 0 amide bonds. The van der Waals surface area contributed by atoms with Crippen molar-refractivity contribution in [2.75, 3.05) is 11.1 Å². The summed E-state index contributed by atoms with van der Waals surface area (Å²) >= 11 is 2.26. The fraction of sp³-hybridized carbons (Fsp3) is 0. The summed E-state index contributed by atoms with van der Waals surface area (Å²) in [5, 5.41) is 3.44. The van der Waals surface area contributed by atoms with Crippen LogP contribution < -0.4 is 11.1 Å². The SMILES string of the molecule is Nc1cc(I)ccc1Nc1ccccc1-c1ccccc1. The van der Waals surface area contributed by atoms with Crippen LogP contribution in [-0.2, 0) is 0 Å². The summed E-state index contributed by atoms with van der Waals surface area (Å²) in [6.07, 6.45) is 0. The van der Waals surface area contributed by atoms with E-state index in [2.05, 4.69) is 52.2 Å². The second-order valence-electron chi connectivity index (χ2n) is 4.77. The number of nitrogen functional groups attached to an aromatic ring is 1. The standard InChI is InChI=1S/C18H15IN2/c19-14-10-11-18(16(20)12-14)21-17-9-5-4-8-15(17)13-6-2-1-3-7-13/h1-12,21H,20H2. The Morgan fingerprint density at radius 3 is 2.24 bits per heavy atom. The second kappa shape index (κ2) is 6.18. The summed E-state index contributed by atoms with van der Waals surface area (Å²) in [5.41, 5.74) is 11.2. The van der Waals surface area contributed by atoms with E-state index in [9.17, 15) is 0 Å². The van der Waals surface area contributed by atoms with E-state index in [4.69, 9.17) is 5.73 Å². The molecule has 3 aromatic rings. The Hall–Kier alpha value is -2.01. The van der Waals surface area contributed by atoms with Crippen LogP contribution in [0.15, 0.2) is 72.8 Å². The third kappa shape index (κ3) is 3.19. The number of anilines is 3. The fourth-order valence-electron chi connectivity index (χ4n) is 2.25. The van der Waals surface area contributed by atoms with Gasteiger partial charge in [0.1, 0.15) is 0 Å². The first-order valence-corrected chi connectivity index (χ1v) is 7.78. The van der Waals surface area contributed by atoms with Crippen LogP contribution in [-0.4, -0.2) is 0 Å². The lowest BCUT2D eigenvalue weighted by Gasteiger charge is -2.14. The Balaban J connectivity index is 2.00. The molecular weight excluding hydrogens is 371 g/mol. The van der Waals surface area contributed by atoms with Gasteiger partial charge in [0.2, 0.25) is 0 Å². The van der Waals surface area contributed by atoms with Crippen LogP contribution in [0.25, 0.3) is 11.1 Å². The highest BCUT2D eigenvalue weighted by atomic mass is 127. The molecule has 0 saturated heterocycles. The molecule has 0 spiro atoms. The van der Waals surface area contributed by atoms with Gasteiger partial charge in [0.25, 0.3) is 0 Å². The van der Waals surface area contributed by atoms with Crippen molar-refractivity contribution >= 4 is 39.7 Å². The predicted molar refractivity (Wildman–Crippen MR) is 98.7 cm³/mol. The van der Waals surface area contributed by atoms with Crippen molar-refractivity contribution in [3.63, 3.8) is 0 Å². The molecule has 3 rings (SSSR count). The number of para-hydroxylation sites is 1. The summed E-state index contributed by atoms with van der Waals surface area (Å²) in [4.78, 5) is 0. The van der Waals surface area contributed by atoms with Crippen molar-refractivity contribution in [3.8, 4) is 11.1 Å². The number of hydrogen-bond donors (Lipinski definition) is 2. The zero-order valence-corrected chi connectivity index (χ0v) is 13.5. The average Bonchev–Trinajstić information content (AvgIpc) is 2.51. The molecule has 0 unspecified atom stereocenters. The normalized spacial score (nSPS) is 10.3. The minimum absolute atomic E-state index is 0.754. The Morgan fingerprint density at radius 1 is 0.762 bits per heavy atom. The number of halogens is 1. The largest absolute Gasteiger partial charge is 0.397 e. The van der Waals surface area contributed by atoms with E-state index in [-0.39, 0.29) is 0 Å². The van der Waals surface area contributed by atoms with Gasteiger partial charge < -0.3 is 11.1 Å². The molecule has 3 aromatic carbocycles. The topological polar surface area (TPSA) is 38.0 Å².